The Labute approximate surface area is 191 Å². The Bertz CT molecular complexity index is 972. The smallest absolute Gasteiger partial charge is 0.324 e. The van der Waals surface area contributed by atoms with Crippen LogP contribution in [0, 0.1) is 12.8 Å². The minimum Gasteiger partial charge on any atom is -0.487 e. The zero-order chi connectivity index (χ0) is 22.0. The van der Waals surface area contributed by atoms with Gasteiger partial charge >= 0.3 is 6.03 Å². The SMILES string of the molecule is Cc1ccc2c(c1)N(C(=O)N1CCC(C(=O)NCc3cccc(Br)c3)CC1)C[C@@H](C)O2. The molecule has 2 aromatic rings. The summed E-state index contributed by atoms with van der Waals surface area (Å²) in [7, 11) is 0. The summed E-state index contributed by atoms with van der Waals surface area (Å²) < 4.78 is 6.91. The van der Waals surface area contributed by atoms with E-state index in [1.165, 1.54) is 0 Å². The van der Waals surface area contributed by atoms with Crippen molar-refractivity contribution in [1.29, 1.82) is 0 Å². The van der Waals surface area contributed by atoms with Crippen LogP contribution in [0.4, 0.5) is 10.5 Å². The van der Waals surface area contributed by atoms with Crippen LogP contribution in [0.15, 0.2) is 46.9 Å². The predicted molar refractivity (Wildman–Crippen MR) is 124 cm³/mol. The molecule has 0 saturated carbocycles. The fourth-order valence-corrected chi connectivity index (χ4v) is 4.66. The highest BCUT2D eigenvalue weighted by Crippen LogP contribution is 2.35. The number of nitrogens with zero attached hydrogens (tertiary/aromatic N) is 2. The number of nitrogens with one attached hydrogen (secondary N) is 1. The van der Waals surface area contributed by atoms with Gasteiger partial charge < -0.3 is 15.0 Å². The van der Waals surface area contributed by atoms with Crippen molar-refractivity contribution >= 4 is 33.6 Å². The largest absolute Gasteiger partial charge is 0.487 e. The van der Waals surface area contributed by atoms with Crippen LogP contribution in [-0.4, -0.2) is 42.6 Å². The van der Waals surface area contributed by atoms with Crippen LogP contribution in [0.2, 0.25) is 0 Å². The molecule has 1 fully saturated rings. The van der Waals surface area contributed by atoms with Crippen LogP contribution in [0.3, 0.4) is 0 Å². The van der Waals surface area contributed by atoms with Crippen molar-refractivity contribution in [2.24, 2.45) is 5.92 Å². The molecule has 164 valence electrons. The van der Waals surface area contributed by atoms with Crippen molar-refractivity contribution in [2.45, 2.75) is 39.3 Å². The Morgan fingerprint density at radius 2 is 1.94 bits per heavy atom. The lowest BCUT2D eigenvalue weighted by molar-refractivity contribution is -0.126. The van der Waals surface area contributed by atoms with Gasteiger partial charge in [-0.25, -0.2) is 4.79 Å². The molecule has 1 saturated heterocycles. The van der Waals surface area contributed by atoms with Gasteiger partial charge in [-0.2, -0.15) is 0 Å². The number of urea groups is 1. The van der Waals surface area contributed by atoms with Crippen molar-refractivity contribution in [1.82, 2.24) is 10.2 Å². The quantitative estimate of drug-likeness (QED) is 0.696. The van der Waals surface area contributed by atoms with Gasteiger partial charge in [-0.05, 0) is 62.1 Å². The predicted octanol–water partition coefficient (Wildman–Crippen LogP) is 4.49. The molecule has 3 amide bonds. The molecule has 1 atom stereocenters. The lowest BCUT2D eigenvalue weighted by Gasteiger charge is -2.39. The molecule has 6 nitrogen and oxygen atoms in total. The maximum atomic E-state index is 13.3. The molecule has 0 aromatic heterocycles. The number of piperidine rings is 1. The number of hydrogen-bond acceptors (Lipinski definition) is 3. The van der Waals surface area contributed by atoms with E-state index in [0.29, 0.717) is 39.0 Å². The number of amides is 3. The van der Waals surface area contributed by atoms with E-state index >= 15 is 0 Å². The van der Waals surface area contributed by atoms with Gasteiger partial charge in [0.1, 0.15) is 11.9 Å². The third-order valence-electron chi connectivity index (χ3n) is 5.90. The number of rotatable bonds is 3. The first kappa shape index (κ1) is 21.7. The van der Waals surface area contributed by atoms with Crippen molar-refractivity contribution in [3.8, 4) is 5.75 Å². The molecule has 31 heavy (non-hydrogen) atoms. The van der Waals surface area contributed by atoms with Gasteiger partial charge in [-0.3, -0.25) is 9.69 Å². The maximum Gasteiger partial charge on any atom is 0.324 e. The Morgan fingerprint density at radius 3 is 2.68 bits per heavy atom. The van der Waals surface area contributed by atoms with E-state index in [-0.39, 0.29) is 24.0 Å². The molecule has 0 radical (unpaired) electrons. The molecule has 0 aliphatic carbocycles. The topological polar surface area (TPSA) is 61.9 Å². The van der Waals surface area contributed by atoms with E-state index in [0.717, 1.165) is 27.0 Å². The molecule has 4 rings (SSSR count). The molecule has 1 N–H and O–H groups in total. The average Bonchev–Trinajstić information content (AvgIpc) is 2.77. The zero-order valence-electron chi connectivity index (χ0n) is 17.9. The Hall–Kier alpha value is -2.54. The highest BCUT2D eigenvalue weighted by Gasteiger charge is 2.33. The van der Waals surface area contributed by atoms with E-state index in [2.05, 4.69) is 21.2 Å². The minimum absolute atomic E-state index is 0.00464. The van der Waals surface area contributed by atoms with E-state index < -0.39 is 0 Å². The number of fused-ring (bicyclic) bond motifs is 1. The van der Waals surface area contributed by atoms with Crippen molar-refractivity contribution < 1.29 is 14.3 Å². The summed E-state index contributed by atoms with van der Waals surface area (Å²) in [5.74, 6) is 0.752. The molecule has 2 aliphatic heterocycles. The van der Waals surface area contributed by atoms with Gasteiger partial charge in [-0.1, -0.05) is 34.1 Å². The molecule has 0 spiro atoms. The van der Waals surface area contributed by atoms with Crippen LogP contribution in [0.5, 0.6) is 5.75 Å². The lowest BCUT2D eigenvalue weighted by atomic mass is 9.96. The number of aryl methyl sites for hydroxylation is 1. The normalized spacial score (nSPS) is 18.9. The number of benzene rings is 2. The first-order chi connectivity index (χ1) is 14.9. The standard InChI is InChI=1S/C24H28BrN3O3/c1-16-6-7-22-21(12-16)28(15-17(2)31-22)24(30)27-10-8-19(9-11-27)23(29)26-14-18-4-3-5-20(25)13-18/h3-7,12-13,17,19H,8-11,14-15H2,1-2H3,(H,26,29)/t17-/m1/s1. The van der Waals surface area contributed by atoms with Crippen LogP contribution in [-0.2, 0) is 11.3 Å². The summed E-state index contributed by atoms with van der Waals surface area (Å²) in [6, 6.07) is 13.9. The number of anilines is 1. The second-order valence-corrected chi connectivity index (χ2v) is 9.32. The van der Waals surface area contributed by atoms with Crippen LogP contribution >= 0.6 is 15.9 Å². The molecule has 2 heterocycles. The Kier molecular flexibility index (Phi) is 6.51. The summed E-state index contributed by atoms with van der Waals surface area (Å²) in [4.78, 5) is 29.6. The number of carbonyl (C=O) groups excluding carboxylic acids is 2. The molecule has 2 aliphatic rings. The van der Waals surface area contributed by atoms with Gasteiger partial charge in [0.15, 0.2) is 0 Å². The fourth-order valence-electron chi connectivity index (χ4n) is 4.21. The highest BCUT2D eigenvalue weighted by molar-refractivity contribution is 9.10. The summed E-state index contributed by atoms with van der Waals surface area (Å²) in [6.07, 6.45) is 1.30. The van der Waals surface area contributed by atoms with Gasteiger partial charge in [0.2, 0.25) is 5.91 Å². The van der Waals surface area contributed by atoms with Crippen molar-refractivity contribution in [3.63, 3.8) is 0 Å². The molecule has 2 aromatic carbocycles. The molecule has 7 heteroatoms. The monoisotopic (exact) mass is 485 g/mol. The number of hydrogen-bond donors (Lipinski definition) is 1. The minimum atomic E-state index is -0.0608. The molecule has 0 unspecified atom stereocenters. The van der Waals surface area contributed by atoms with Crippen LogP contribution in [0.25, 0.3) is 0 Å². The van der Waals surface area contributed by atoms with Gasteiger partial charge in [0, 0.05) is 30.0 Å². The maximum absolute atomic E-state index is 13.3. The average molecular weight is 486 g/mol. The van der Waals surface area contributed by atoms with Crippen molar-refractivity contribution in [3.05, 3.63) is 58.1 Å². The Balaban J connectivity index is 1.34. The Morgan fingerprint density at radius 1 is 1.16 bits per heavy atom. The zero-order valence-corrected chi connectivity index (χ0v) is 19.5. The molecular formula is C24H28BrN3O3. The molecular weight excluding hydrogens is 458 g/mol. The summed E-state index contributed by atoms with van der Waals surface area (Å²) >= 11 is 3.45. The second kappa shape index (κ2) is 9.30. The van der Waals surface area contributed by atoms with Crippen LogP contribution < -0.4 is 15.0 Å². The summed E-state index contributed by atoms with van der Waals surface area (Å²) in [5, 5.41) is 3.04. The van der Waals surface area contributed by atoms with Gasteiger partial charge in [0.25, 0.3) is 0 Å². The first-order valence-corrected chi connectivity index (χ1v) is 11.6. The van der Waals surface area contributed by atoms with E-state index in [4.69, 9.17) is 4.74 Å². The number of ether oxygens (including phenoxy) is 1. The van der Waals surface area contributed by atoms with E-state index in [1.54, 1.807) is 0 Å². The fraction of sp³-hybridized carbons (Fsp3) is 0.417. The van der Waals surface area contributed by atoms with Gasteiger partial charge in [-0.15, -0.1) is 0 Å². The summed E-state index contributed by atoms with van der Waals surface area (Å²) in [6.45, 7) is 6.20. The van der Waals surface area contributed by atoms with E-state index in [9.17, 15) is 9.59 Å². The highest BCUT2D eigenvalue weighted by atomic mass is 79.9. The van der Waals surface area contributed by atoms with Crippen molar-refractivity contribution in [2.75, 3.05) is 24.5 Å². The number of halogens is 1. The molecule has 0 bridgehead atoms. The summed E-state index contributed by atoms with van der Waals surface area (Å²) in [5.41, 5.74) is 2.98. The first-order valence-electron chi connectivity index (χ1n) is 10.8. The van der Waals surface area contributed by atoms with E-state index in [1.807, 2.05) is 66.1 Å². The third-order valence-corrected chi connectivity index (χ3v) is 6.39. The van der Waals surface area contributed by atoms with Gasteiger partial charge in [0.05, 0.1) is 12.2 Å². The van der Waals surface area contributed by atoms with Crippen LogP contribution in [0.1, 0.15) is 30.9 Å². The lowest BCUT2D eigenvalue weighted by Crippen LogP contribution is -2.52. The number of carbonyl (C=O) groups is 2. The number of likely N-dealkylation sites (tertiary alicyclic amines) is 1. The second-order valence-electron chi connectivity index (χ2n) is 8.40. The third kappa shape index (κ3) is 5.03.